The number of pyridine rings is 2. The van der Waals surface area contributed by atoms with E-state index < -0.39 is 0 Å². The van der Waals surface area contributed by atoms with Gasteiger partial charge in [-0.2, -0.15) is 0 Å². The summed E-state index contributed by atoms with van der Waals surface area (Å²) in [5.41, 5.74) is 4.71. The van der Waals surface area contributed by atoms with Crippen molar-refractivity contribution in [2.45, 2.75) is 31.9 Å². The van der Waals surface area contributed by atoms with Gasteiger partial charge in [-0.05, 0) is 48.7 Å². The van der Waals surface area contributed by atoms with Crippen molar-refractivity contribution < 1.29 is 4.74 Å². The maximum Gasteiger partial charge on any atom is 0.259 e. The number of hydrogen-bond donors (Lipinski definition) is 0. The number of hydrogen-bond acceptors (Lipinski definition) is 4. The van der Waals surface area contributed by atoms with Gasteiger partial charge in [0, 0.05) is 49.4 Å². The van der Waals surface area contributed by atoms with E-state index >= 15 is 0 Å². The fourth-order valence-corrected chi connectivity index (χ4v) is 5.33. The fraction of sp³-hybridized carbons (Fsp3) is 0.308. The van der Waals surface area contributed by atoms with E-state index in [4.69, 9.17) is 9.72 Å². The van der Waals surface area contributed by atoms with Crippen molar-refractivity contribution in [3.63, 3.8) is 0 Å². The number of rotatable bonds is 4. The van der Waals surface area contributed by atoms with Crippen LogP contribution in [0.4, 0.5) is 0 Å². The molecule has 0 bridgehead atoms. The van der Waals surface area contributed by atoms with Crippen molar-refractivity contribution >= 4 is 23.4 Å². The minimum absolute atomic E-state index is 0. The van der Waals surface area contributed by atoms with Gasteiger partial charge in [-0.3, -0.25) is 14.3 Å². The molecule has 6 rings (SSSR count). The molecule has 1 unspecified atom stereocenters. The van der Waals surface area contributed by atoms with Gasteiger partial charge in [-0.1, -0.05) is 30.3 Å². The number of aryl methyl sites for hydroxylation is 1. The Labute approximate surface area is 198 Å². The Hall–Kier alpha value is -3.09. The lowest BCUT2D eigenvalue weighted by Gasteiger charge is -2.30. The summed E-state index contributed by atoms with van der Waals surface area (Å²) in [7, 11) is 2.10. The first-order chi connectivity index (χ1) is 15.7. The molecule has 0 N–H and O–H groups in total. The molecule has 6 nitrogen and oxygen atoms in total. The van der Waals surface area contributed by atoms with Crippen molar-refractivity contribution in [2.75, 3.05) is 13.1 Å². The largest absolute Gasteiger partial charge is 0.489 e. The van der Waals surface area contributed by atoms with Crippen LogP contribution in [0.2, 0.25) is 0 Å². The van der Waals surface area contributed by atoms with Crippen LogP contribution in [0.3, 0.4) is 0 Å². The van der Waals surface area contributed by atoms with Crippen LogP contribution in [-0.2, 0) is 20.1 Å². The zero-order valence-corrected chi connectivity index (χ0v) is 19.4. The second kappa shape index (κ2) is 8.69. The monoisotopic (exact) mass is 462 g/mol. The molecular weight excluding hydrogens is 436 g/mol. The van der Waals surface area contributed by atoms with Crippen molar-refractivity contribution in [1.82, 2.24) is 19.0 Å². The number of ether oxygens (including phenoxy) is 1. The molecule has 5 heterocycles. The summed E-state index contributed by atoms with van der Waals surface area (Å²) >= 11 is 0. The highest BCUT2D eigenvalue weighted by molar-refractivity contribution is 5.85. The van der Waals surface area contributed by atoms with Crippen LogP contribution in [-0.4, -0.2) is 32.1 Å². The van der Waals surface area contributed by atoms with Gasteiger partial charge in [-0.25, -0.2) is 4.98 Å². The van der Waals surface area contributed by atoms with Gasteiger partial charge in [0.1, 0.15) is 23.8 Å². The molecule has 0 saturated carbocycles. The first-order valence-electron chi connectivity index (χ1n) is 11.3. The molecule has 0 radical (unpaired) electrons. The Bertz CT molecular complexity index is 1360. The van der Waals surface area contributed by atoms with Gasteiger partial charge in [0.15, 0.2) is 0 Å². The zero-order valence-electron chi connectivity index (χ0n) is 18.6. The zero-order chi connectivity index (χ0) is 21.7. The second-order valence-electron chi connectivity index (χ2n) is 8.75. The van der Waals surface area contributed by atoms with Gasteiger partial charge in [0.05, 0.1) is 0 Å². The Morgan fingerprint density at radius 3 is 2.76 bits per heavy atom. The fourth-order valence-electron chi connectivity index (χ4n) is 5.33. The van der Waals surface area contributed by atoms with Gasteiger partial charge < -0.3 is 9.30 Å². The van der Waals surface area contributed by atoms with E-state index in [2.05, 4.69) is 22.6 Å². The molecule has 3 aromatic heterocycles. The second-order valence-corrected chi connectivity index (χ2v) is 8.75. The van der Waals surface area contributed by atoms with E-state index in [1.54, 1.807) is 10.8 Å². The summed E-state index contributed by atoms with van der Waals surface area (Å²) in [6.45, 7) is 2.75. The third-order valence-electron chi connectivity index (χ3n) is 6.90. The normalized spacial score (nSPS) is 17.4. The van der Waals surface area contributed by atoms with Crippen LogP contribution in [0, 0.1) is 0 Å². The molecule has 4 aromatic rings. The van der Waals surface area contributed by atoms with Gasteiger partial charge in [-0.15, -0.1) is 12.4 Å². The van der Waals surface area contributed by atoms with E-state index in [0.29, 0.717) is 24.2 Å². The average Bonchev–Trinajstić information content (AvgIpc) is 3.41. The molecule has 0 aliphatic carbocycles. The predicted octanol–water partition coefficient (Wildman–Crippen LogP) is 4.42. The van der Waals surface area contributed by atoms with Crippen molar-refractivity contribution in [3.8, 4) is 11.6 Å². The van der Waals surface area contributed by atoms with Crippen molar-refractivity contribution in [3.05, 3.63) is 88.0 Å². The summed E-state index contributed by atoms with van der Waals surface area (Å²) < 4.78 is 9.62. The highest BCUT2D eigenvalue weighted by Crippen LogP contribution is 2.42. The lowest BCUT2D eigenvalue weighted by molar-refractivity contribution is 0.242. The maximum atomic E-state index is 12.8. The number of benzene rings is 1. The molecule has 1 atom stereocenters. The number of fused-ring (bicyclic) bond motifs is 5. The highest BCUT2D eigenvalue weighted by atomic mass is 35.5. The lowest BCUT2D eigenvalue weighted by Crippen LogP contribution is -2.31. The van der Waals surface area contributed by atoms with E-state index in [9.17, 15) is 4.79 Å². The van der Waals surface area contributed by atoms with Crippen molar-refractivity contribution in [2.24, 2.45) is 7.05 Å². The molecule has 170 valence electrons. The van der Waals surface area contributed by atoms with E-state index in [-0.39, 0.29) is 18.0 Å². The highest BCUT2D eigenvalue weighted by Gasteiger charge is 2.35. The molecule has 1 fully saturated rings. The molecule has 0 amide bonds. The molecule has 7 heteroatoms. The number of aromatic nitrogens is 3. The summed E-state index contributed by atoms with van der Waals surface area (Å²) in [5.74, 6) is 1.20. The first-order valence-corrected chi connectivity index (χ1v) is 11.3. The summed E-state index contributed by atoms with van der Waals surface area (Å²) in [6, 6.07) is 17.9. The number of nitrogens with zero attached hydrogens (tertiary/aromatic N) is 4. The smallest absolute Gasteiger partial charge is 0.259 e. The van der Waals surface area contributed by atoms with Gasteiger partial charge in [0.25, 0.3) is 5.56 Å². The van der Waals surface area contributed by atoms with E-state index in [0.717, 1.165) is 24.2 Å². The topological polar surface area (TPSA) is 52.3 Å². The molecule has 33 heavy (non-hydrogen) atoms. The minimum atomic E-state index is -0.150. The van der Waals surface area contributed by atoms with Crippen LogP contribution < -0.4 is 10.3 Å². The van der Waals surface area contributed by atoms with Gasteiger partial charge in [0.2, 0.25) is 0 Å². The Kier molecular flexibility index (Phi) is 5.72. The standard InChI is InChI=1S/C26H26N4O2.ClH/c1-28-21-12-14-29-13-5-8-22(29)25(21)20-9-10-23(27-26(20)28)30-15-11-19(16-24(30)31)32-17-18-6-3-2-4-7-18;/h2-4,6-7,9-11,15-16,22H,5,8,12-14,17H2,1H3;1H. The Balaban J connectivity index is 0.00000228. The third kappa shape index (κ3) is 3.73. The van der Waals surface area contributed by atoms with Crippen LogP contribution in [0.1, 0.15) is 35.7 Å². The third-order valence-corrected chi connectivity index (χ3v) is 6.90. The Morgan fingerprint density at radius 1 is 1.09 bits per heavy atom. The molecule has 2 aliphatic rings. The first kappa shape index (κ1) is 21.7. The molecule has 2 aliphatic heterocycles. The summed E-state index contributed by atoms with van der Waals surface area (Å²) in [6.07, 6.45) is 5.29. The molecule has 0 spiro atoms. The maximum absolute atomic E-state index is 12.8. The van der Waals surface area contributed by atoms with Crippen LogP contribution >= 0.6 is 12.4 Å². The average molecular weight is 463 g/mol. The minimum Gasteiger partial charge on any atom is -0.489 e. The number of halogens is 1. The molecule has 1 saturated heterocycles. The summed E-state index contributed by atoms with van der Waals surface area (Å²) in [5, 5.41) is 1.22. The molecular formula is C26H27ClN4O2. The van der Waals surface area contributed by atoms with E-state index in [1.807, 2.05) is 42.5 Å². The summed E-state index contributed by atoms with van der Waals surface area (Å²) in [4.78, 5) is 20.4. The van der Waals surface area contributed by atoms with Crippen LogP contribution in [0.15, 0.2) is 65.6 Å². The SMILES string of the molecule is Cl.Cn1c2c(c3ccc(-n4ccc(OCc5ccccc5)cc4=O)nc31)C1CCCN1CC2. The Morgan fingerprint density at radius 2 is 1.94 bits per heavy atom. The van der Waals surface area contributed by atoms with Crippen LogP contribution in [0.5, 0.6) is 5.75 Å². The van der Waals surface area contributed by atoms with Gasteiger partial charge >= 0.3 is 0 Å². The molecule has 1 aromatic carbocycles. The van der Waals surface area contributed by atoms with Crippen LogP contribution in [0.25, 0.3) is 16.9 Å². The predicted molar refractivity (Wildman–Crippen MR) is 132 cm³/mol. The lowest BCUT2D eigenvalue weighted by atomic mass is 9.96. The quantitative estimate of drug-likeness (QED) is 0.450. The van der Waals surface area contributed by atoms with Crippen molar-refractivity contribution in [1.29, 1.82) is 0 Å². The van der Waals surface area contributed by atoms with E-state index in [1.165, 1.54) is 42.1 Å².